The molecule has 0 saturated carbocycles. The van der Waals surface area contributed by atoms with Crippen LogP contribution in [0.4, 0.5) is 0 Å². The van der Waals surface area contributed by atoms with Crippen molar-refractivity contribution < 1.29 is 4.74 Å². The highest BCUT2D eigenvalue weighted by atomic mass is 16.5. The van der Waals surface area contributed by atoms with E-state index >= 15 is 0 Å². The molecule has 5 nitrogen and oxygen atoms in total. The minimum atomic E-state index is 0.00297. The van der Waals surface area contributed by atoms with Gasteiger partial charge in [0.05, 0.1) is 18.3 Å². The summed E-state index contributed by atoms with van der Waals surface area (Å²) < 4.78 is 7.68. The van der Waals surface area contributed by atoms with E-state index < -0.39 is 0 Å². The van der Waals surface area contributed by atoms with Gasteiger partial charge in [-0.15, -0.1) is 0 Å². The van der Waals surface area contributed by atoms with Gasteiger partial charge in [-0.1, -0.05) is 0 Å². The Hall–Kier alpha value is -1.88. The van der Waals surface area contributed by atoms with E-state index in [1.54, 1.807) is 12.4 Å². The van der Waals surface area contributed by atoms with E-state index in [4.69, 9.17) is 4.74 Å². The number of aromatic nitrogens is 3. The number of nitrogens with zero attached hydrogens (tertiary/aromatic N) is 3. The Bertz CT molecular complexity index is 536. The van der Waals surface area contributed by atoms with Crippen LogP contribution in [0.1, 0.15) is 31.3 Å². The maximum Gasteiger partial charge on any atom is 0.138 e. The summed E-state index contributed by atoms with van der Waals surface area (Å²) in [6.45, 7) is 4.00. The van der Waals surface area contributed by atoms with Crippen LogP contribution in [0.15, 0.2) is 30.9 Å². The highest BCUT2D eigenvalue weighted by Crippen LogP contribution is 2.23. The van der Waals surface area contributed by atoms with E-state index in [2.05, 4.69) is 15.3 Å². The molecule has 0 bridgehead atoms. The second-order valence-electron chi connectivity index (χ2n) is 4.74. The van der Waals surface area contributed by atoms with Crippen molar-refractivity contribution in [3.05, 3.63) is 42.2 Å². The van der Waals surface area contributed by atoms with Crippen LogP contribution in [0.5, 0.6) is 5.75 Å². The van der Waals surface area contributed by atoms with E-state index in [1.165, 1.54) is 0 Å². The Balaban J connectivity index is 2.31. The standard InChI is InChI=1S/C14H20N4O/c1-10(2)19-12-7-11(8-16-9-12)13(15-3)14-17-5-6-18(14)4/h5-10,13,15H,1-4H3. The number of hydrogen-bond acceptors (Lipinski definition) is 4. The number of nitrogens with one attached hydrogen (secondary N) is 1. The molecule has 19 heavy (non-hydrogen) atoms. The molecule has 0 aliphatic rings. The summed E-state index contributed by atoms with van der Waals surface area (Å²) in [7, 11) is 3.89. The first-order valence-corrected chi connectivity index (χ1v) is 6.38. The molecule has 2 heterocycles. The van der Waals surface area contributed by atoms with Gasteiger partial charge < -0.3 is 14.6 Å². The van der Waals surface area contributed by atoms with Crippen molar-refractivity contribution in [1.82, 2.24) is 19.9 Å². The van der Waals surface area contributed by atoms with Gasteiger partial charge in [0.1, 0.15) is 11.6 Å². The Morgan fingerprint density at radius 3 is 2.68 bits per heavy atom. The fourth-order valence-corrected chi connectivity index (χ4v) is 2.03. The molecule has 102 valence electrons. The highest BCUT2D eigenvalue weighted by molar-refractivity contribution is 5.29. The van der Waals surface area contributed by atoms with Crippen LogP contribution < -0.4 is 10.1 Å². The molecule has 1 N–H and O–H groups in total. The molecule has 2 aromatic heterocycles. The molecular weight excluding hydrogens is 240 g/mol. The predicted molar refractivity (Wildman–Crippen MR) is 74.1 cm³/mol. The SMILES string of the molecule is CNC(c1cncc(OC(C)C)c1)c1nccn1C. The molecule has 2 rings (SSSR count). The molecule has 0 saturated heterocycles. The van der Waals surface area contributed by atoms with Crippen molar-refractivity contribution in [3.63, 3.8) is 0 Å². The molecule has 2 aromatic rings. The number of aryl methyl sites for hydroxylation is 1. The maximum absolute atomic E-state index is 5.68. The van der Waals surface area contributed by atoms with Gasteiger partial charge in [0, 0.05) is 25.6 Å². The van der Waals surface area contributed by atoms with E-state index in [9.17, 15) is 0 Å². The Morgan fingerprint density at radius 2 is 2.11 bits per heavy atom. The minimum absolute atomic E-state index is 0.00297. The lowest BCUT2D eigenvalue weighted by atomic mass is 10.1. The van der Waals surface area contributed by atoms with Crippen LogP contribution >= 0.6 is 0 Å². The number of rotatable bonds is 5. The van der Waals surface area contributed by atoms with Crippen LogP contribution in [-0.2, 0) is 7.05 Å². The lowest BCUT2D eigenvalue weighted by Gasteiger charge is -2.17. The Morgan fingerprint density at radius 1 is 1.32 bits per heavy atom. The van der Waals surface area contributed by atoms with Crippen molar-refractivity contribution >= 4 is 0 Å². The van der Waals surface area contributed by atoms with Crippen LogP contribution in [0, 0.1) is 0 Å². The van der Waals surface area contributed by atoms with E-state index in [0.717, 1.165) is 17.1 Å². The van der Waals surface area contributed by atoms with E-state index in [0.29, 0.717) is 0 Å². The Kier molecular flexibility index (Phi) is 4.16. The Labute approximate surface area is 113 Å². The molecule has 1 atom stereocenters. The van der Waals surface area contributed by atoms with Crippen LogP contribution in [-0.4, -0.2) is 27.7 Å². The summed E-state index contributed by atoms with van der Waals surface area (Å²) in [6, 6.07) is 2.01. The zero-order valence-corrected chi connectivity index (χ0v) is 11.8. The van der Waals surface area contributed by atoms with Gasteiger partial charge in [-0.25, -0.2) is 4.98 Å². The molecule has 0 aromatic carbocycles. The minimum Gasteiger partial charge on any atom is -0.489 e. The molecule has 0 amide bonds. The molecule has 0 radical (unpaired) electrons. The zero-order chi connectivity index (χ0) is 13.8. The molecule has 0 aliphatic heterocycles. The van der Waals surface area contributed by atoms with E-state index in [-0.39, 0.29) is 12.1 Å². The lowest BCUT2D eigenvalue weighted by molar-refractivity contribution is 0.241. The number of hydrogen-bond donors (Lipinski definition) is 1. The van der Waals surface area contributed by atoms with Crippen molar-refractivity contribution in [1.29, 1.82) is 0 Å². The summed E-state index contributed by atoms with van der Waals surface area (Å²) in [5, 5.41) is 3.26. The van der Waals surface area contributed by atoms with Crippen LogP contribution in [0.3, 0.4) is 0 Å². The van der Waals surface area contributed by atoms with Crippen LogP contribution in [0.25, 0.3) is 0 Å². The van der Waals surface area contributed by atoms with Gasteiger partial charge in [0.2, 0.25) is 0 Å². The van der Waals surface area contributed by atoms with Crippen LogP contribution in [0.2, 0.25) is 0 Å². The topological polar surface area (TPSA) is 52.0 Å². The molecule has 0 fully saturated rings. The number of imidazole rings is 1. The second-order valence-corrected chi connectivity index (χ2v) is 4.74. The average Bonchev–Trinajstić information content (AvgIpc) is 2.77. The zero-order valence-electron chi connectivity index (χ0n) is 11.8. The maximum atomic E-state index is 5.68. The third-order valence-corrected chi connectivity index (χ3v) is 2.84. The summed E-state index contributed by atoms with van der Waals surface area (Å²) in [4.78, 5) is 8.63. The quantitative estimate of drug-likeness (QED) is 0.892. The predicted octanol–water partition coefficient (Wildman–Crippen LogP) is 1.91. The summed E-state index contributed by atoms with van der Waals surface area (Å²) >= 11 is 0. The van der Waals surface area contributed by atoms with Gasteiger partial charge in [-0.05, 0) is 32.5 Å². The van der Waals surface area contributed by atoms with Crippen molar-refractivity contribution in [2.45, 2.75) is 26.0 Å². The summed E-state index contributed by atoms with van der Waals surface area (Å²) in [6.07, 6.45) is 7.43. The van der Waals surface area contributed by atoms with Gasteiger partial charge in [0.15, 0.2) is 0 Å². The van der Waals surface area contributed by atoms with Gasteiger partial charge >= 0.3 is 0 Å². The fraction of sp³-hybridized carbons (Fsp3) is 0.429. The summed E-state index contributed by atoms with van der Waals surface area (Å²) in [5.74, 6) is 1.73. The molecule has 1 unspecified atom stereocenters. The first-order chi connectivity index (χ1) is 9.11. The van der Waals surface area contributed by atoms with Crippen molar-refractivity contribution in [2.24, 2.45) is 7.05 Å². The van der Waals surface area contributed by atoms with E-state index in [1.807, 2.05) is 51.0 Å². The largest absolute Gasteiger partial charge is 0.489 e. The first kappa shape index (κ1) is 13.5. The second kappa shape index (κ2) is 5.84. The monoisotopic (exact) mass is 260 g/mol. The normalized spacial score (nSPS) is 12.7. The third kappa shape index (κ3) is 3.12. The van der Waals surface area contributed by atoms with Crippen molar-refractivity contribution in [3.8, 4) is 5.75 Å². The van der Waals surface area contributed by atoms with Crippen molar-refractivity contribution in [2.75, 3.05) is 7.05 Å². The molecule has 5 heteroatoms. The van der Waals surface area contributed by atoms with Gasteiger partial charge in [0.25, 0.3) is 0 Å². The summed E-state index contributed by atoms with van der Waals surface area (Å²) in [5.41, 5.74) is 1.04. The fourth-order valence-electron chi connectivity index (χ4n) is 2.03. The number of pyridine rings is 1. The van der Waals surface area contributed by atoms with Gasteiger partial charge in [-0.3, -0.25) is 4.98 Å². The molecule has 0 spiro atoms. The molecule has 0 aliphatic carbocycles. The first-order valence-electron chi connectivity index (χ1n) is 6.38. The third-order valence-electron chi connectivity index (χ3n) is 2.84. The smallest absolute Gasteiger partial charge is 0.138 e. The molecular formula is C14H20N4O. The highest BCUT2D eigenvalue weighted by Gasteiger charge is 2.17. The van der Waals surface area contributed by atoms with Gasteiger partial charge in [-0.2, -0.15) is 0 Å². The number of ether oxygens (including phenoxy) is 1. The lowest BCUT2D eigenvalue weighted by Crippen LogP contribution is -2.21. The average molecular weight is 260 g/mol.